The highest BCUT2D eigenvalue weighted by molar-refractivity contribution is 5.80. The van der Waals surface area contributed by atoms with Gasteiger partial charge in [-0.3, -0.25) is 9.78 Å². The number of benzene rings is 1. The molecular weight excluding hydrogens is 270 g/mol. The van der Waals surface area contributed by atoms with Crippen LogP contribution in [0, 0.1) is 0 Å². The Morgan fingerprint density at radius 2 is 2.24 bits per heavy atom. The maximum atomic E-state index is 10.8. The molecule has 0 unspecified atom stereocenters. The maximum Gasteiger partial charge on any atom is 0.307 e. The van der Waals surface area contributed by atoms with Gasteiger partial charge in [-0.25, -0.2) is 4.98 Å². The molecule has 0 saturated carbocycles. The number of rotatable bonds is 4. The van der Waals surface area contributed by atoms with Gasteiger partial charge in [0.15, 0.2) is 0 Å². The van der Waals surface area contributed by atoms with Crippen LogP contribution in [0.25, 0.3) is 22.4 Å². The Hall–Kier alpha value is -2.89. The largest absolute Gasteiger partial charge is 0.496 e. The van der Waals surface area contributed by atoms with E-state index in [0.717, 1.165) is 16.6 Å². The van der Waals surface area contributed by atoms with Crippen molar-refractivity contribution >= 4 is 17.0 Å². The zero-order valence-corrected chi connectivity index (χ0v) is 11.3. The number of aromatic amines is 1. The van der Waals surface area contributed by atoms with Gasteiger partial charge in [0.25, 0.3) is 0 Å². The van der Waals surface area contributed by atoms with Gasteiger partial charge in [-0.1, -0.05) is 6.07 Å². The number of carboxylic acid groups (broad SMARTS) is 1. The molecule has 0 saturated heterocycles. The Morgan fingerprint density at radius 3 is 2.95 bits per heavy atom. The van der Waals surface area contributed by atoms with Crippen LogP contribution < -0.4 is 4.74 Å². The van der Waals surface area contributed by atoms with Crippen molar-refractivity contribution in [3.63, 3.8) is 0 Å². The van der Waals surface area contributed by atoms with Crippen molar-refractivity contribution in [1.82, 2.24) is 15.0 Å². The molecule has 1 aromatic carbocycles. The van der Waals surface area contributed by atoms with Gasteiger partial charge in [0.2, 0.25) is 0 Å². The first kappa shape index (κ1) is 13.1. The lowest BCUT2D eigenvalue weighted by molar-refractivity contribution is -0.136. The second kappa shape index (κ2) is 5.24. The summed E-state index contributed by atoms with van der Waals surface area (Å²) in [4.78, 5) is 22.5. The van der Waals surface area contributed by atoms with Crippen LogP contribution in [0.5, 0.6) is 5.75 Å². The molecule has 3 aromatic rings. The number of fused-ring (bicyclic) bond motifs is 1. The number of aromatic nitrogens is 3. The van der Waals surface area contributed by atoms with Crippen LogP contribution in [0.15, 0.2) is 36.7 Å². The third-order valence-electron chi connectivity index (χ3n) is 3.16. The van der Waals surface area contributed by atoms with Crippen molar-refractivity contribution in [2.75, 3.05) is 7.11 Å². The topological polar surface area (TPSA) is 88.1 Å². The third kappa shape index (κ3) is 2.55. The monoisotopic (exact) mass is 283 g/mol. The van der Waals surface area contributed by atoms with E-state index >= 15 is 0 Å². The summed E-state index contributed by atoms with van der Waals surface area (Å²) in [5.74, 6) is 0.372. The van der Waals surface area contributed by atoms with E-state index in [1.807, 2.05) is 12.1 Å². The fraction of sp³-hybridized carbons (Fsp3) is 0.133. The van der Waals surface area contributed by atoms with Gasteiger partial charge in [0.05, 0.1) is 30.8 Å². The number of H-pyrrole nitrogens is 1. The normalized spacial score (nSPS) is 10.7. The van der Waals surface area contributed by atoms with Gasteiger partial charge in [-0.05, 0) is 23.8 Å². The predicted octanol–water partition coefficient (Wildman–Crippen LogP) is 2.26. The molecule has 0 aliphatic rings. The van der Waals surface area contributed by atoms with Gasteiger partial charge in [-0.15, -0.1) is 0 Å². The smallest absolute Gasteiger partial charge is 0.307 e. The van der Waals surface area contributed by atoms with E-state index in [2.05, 4.69) is 15.0 Å². The highest BCUT2D eigenvalue weighted by atomic mass is 16.5. The third-order valence-corrected chi connectivity index (χ3v) is 3.16. The number of hydrogen-bond donors (Lipinski definition) is 2. The Balaban J connectivity index is 2.06. The van der Waals surface area contributed by atoms with Crippen LogP contribution in [-0.2, 0) is 11.2 Å². The van der Waals surface area contributed by atoms with E-state index in [1.54, 1.807) is 31.6 Å². The standard InChI is InChI=1S/C15H13N3O3/c1-21-13-6-9(7-14(19)20)2-3-10(13)15-17-11-4-5-16-8-12(11)18-15/h2-6,8H,7H2,1H3,(H,17,18)(H,19,20). The van der Waals surface area contributed by atoms with Crippen LogP contribution in [0.3, 0.4) is 0 Å². The number of nitrogens with one attached hydrogen (secondary N) is 1. The van der Waals surface area contributed by atoms with Gasteiger partial charge >= 0.3 is 5.97 Å². The molecule has 3 rings (SSSR count). The van der Waals surface area contributed by atoms with Crippen molar-refractivity contribution in [2.45, 2.75) is 6.42 Å². The Kier molecular flexibility index (Phi) is 3.27. The van der Waals surface area contributed by atoms with Gasteiger partial charge in [0, 0.05) is 6.20 Å². The van der Waals surface area contributed by atoms with Crippen LogP contribution in [0.2, 0.25) is 0 Å². The average Bonchev–Trinajstić information content (AvgIpc) is 2.90. The minimum Gasteiger partial charge on any atom is -0.496 e. The molecule has 21 heavy (non-hydrogen) atoms. The van der Waals surface area contributed by atoms with E-state index in [4.69, 9.17) is 9.84 Å². The molecule has 106 valence electrons. The second-order valence-electron chi connectivity index (χ2n) is 4.58. The minimum absolute atomic E-state index is 0.0410. The van der Waals surface area contributed by atoms with Crippen LogP contribution in [0.1, 0.15) is 5.56 Å². The van der Waals surface area contributed by atoms with Crippen LogP contribution in [0.4, 0.5) is 0 Å². The molecule has 2 heterocycles. The van der Waals surface area contributed by atoms with E-state index < -0.39 is 5.97 Å². The molecule has 2 aromatic heterocycles. The van der Waals surface area contributed by atoms with Crippen molar-refractivity contribution in [3.8, 4) is 17.1 Å². The fourth-order valence-electron chi connectivity index (χ4n) is 2.20. The van der Waals surface area contributed by atoms with Crippen LogP contribution in [-0.4, -0.2) is 33.1 Å². The van der Waals surface area contributed by atoms with E-state index in [-0.39, 0.29) is 6.42 Å². The zero-order valence-electron chi connectivity index (χ0n) is 11.3. The molecule has 6 nitrogen and oxygen atoms in total. The number of aliphatic carboxylic acids is 1. The zero-order chi connectivity index (χ0) is 14.8. The van der Waals surface area contributed by atoms with Crippen molar-refractivity contribution in [2.24, 2.45) is 0 Å². The highest BCUT2D eigenvalue weighted by Crippen LogP contribution is 2.30. The molecule has 0 amide bonds. The lowest BCUT2D eigenvalue weighted by Gasteiger charge is -2.08. The van der Waals surface area contributed by atoms with E-state index in [1.165, 1.54) is 0 Å². The molecule has 0 aliphatic heterocycles. The van der Waals surface area contributed by atoms with Gasteiger partial charge in [0.1, 0.15) is 17.1 Å². The number of carbonyl (C=O) groups is 1. The van der Waals surface area contributed by atoms with E-state index in [9.17, 15) is 4.79 Å². The molecule has 0 aliphatic carbocycles. The summed E-state index contributed by atoms with van der Waals surface area (Å²) in [6.07, 6.45) is 3.33. The number of carboxylic acids is 1. The fourth-order valence-corrected chi connectivity index (χ4v) is 2.20. The van der Waals surface area contributed by atoms with Gasteiger partial charge in [-0.2, -0.15) is 0 Å². The van der Waals surface area contributed by atoms with Gasteiger partial charge < -0.3 is 14.8 Å². The first-order valence-corrected chi connectivity index (χ1v) is 6.36. The summed E-state index contributed by atoms with van der Waals surface area (Å²) < 4.78 is 5.35. The number of pyridine rings is 1. The summed E-state index contributed by atoms with van der Waals surface area (Å²) in [5.41, 5.74) is 3.12. The van der Waals surface area contributed by atoms with Crippen LogP contribution >= 0.6 is 0 Å². The number of methoxy groups -OCH3 is 1. The summed E-state index contributed by atoms with van der Waals surface area (Å²) >= 11 is 0. The highest BCUT2D eigenvalue weighted by Gasteiger charge is 2.12. The van der Waals surface area contributed by atoms with Crippen molar-refractivity contribution < 1.29 is 14.6 Å². The molecule has 0 radical (unpaired) electrons. The predicted molar refractivity (Wildman–Crippen MR) is 77.2 cm³/mol. The molecule has 0 fully saturated rings. The summed E-state index contributed by atoms with van der Waals surface area (Å²) in [6.45, 7) is 0. The Bertz CT molecular complexity index is 778. The minimum atomic E-state index is -0.875. The van der Waals surface area contributed by atoms with E-state index in [0.29, 0.717) is 17.1 Å². The van der Waals surface area contributed by atoms with Crippen molar-refractivity contribution in [3.05, 3.63) is 42.2 Å². The molecule has 0 spiro atoms. The second-order valence-corrected chi connectivity index (χ2v) is 4.58. The number of hydrogen-bond acceptors (Lipinski definition) is 4. The summed E-state index contributed by atoms with van der Waals surface area (Å²) in [5, 5.41) is 8.85. The molecule has 0 bridgehead atoms. The summed E-state index contributed by atoms with van der Waals surface area (Å²) in [6, 6.07) is 7.13. The van der Waals surface area contributed by atoms with Crippen molar-refractivity contribution in [1.29, 1.82) is 0 Å². The molecule has 2 N–H and O–H groups in total. The SMILES string of the molecule is COc1cc(CC(=O)O)ccc1-c1nc2cnccc2[nH]1. The average molecular weight is 283 g/mol. The number of nitrogens with zero attached hydrogens (tertiary/aromatic N) is 2. The summed E-state index contributed by atoms with van der Waals surface area (Å²) in [7, 11) is 1.55. The molecule has 6 heteroatoms. The Labute approximate surface area is 120 Å². The first-order chi connectivity index (χ1) is 10.2. The molecular formula is C15H13N3O3. The number of imidazole rings is 1. The molecule has 0 atom stereocenters. The first-order valence-electron chi connectivity index (χ1n) is 6.36. The maximum absolute atomic E-state index is 10.8. The Morgan fingerprint density at radius 1 is 1.38 bits per heavy atom. The lowest BCUT2D eigenvalue weighted by atomic mass is 10.1. The quantitative estimate of drug-likeness (QED) is 0.766. The lowest BCUT2D eigenvalue weighted by Crippen LogP contribution is -2.00. The number of ether oxygens (including phenoxy) is 1.